The molecule has 0 saturated heterocycles. The number of rotatable bonds is 2. The van der Waals surface area contributed by atoms with Gasteiger partial charge in [0.05, 0.1) is 0 Å². The number of esters is 1. The summed E-state index contributed by atoms with van der Waals surface area (Å²) in [5.74, 6) is -0.781. The van der Waals surface area contributed by atoms with Gasteiger partial charge in [-0.1, -0.05) is 0 Å². The van der Waals surface area contributed by atoms with Crippen molar-refractivity contribution < 1.29 is 14.6 Å². The van der Waals surface area contributed by atoms with Gasteiger partial charge in [-0.2, -0.15) is 5.26 Å². The minimum Gasteiger partial charge on any atom is -0.442 e. The van der Waals surface area contributed by atoms with Gasteiger partial charge >= 0.3 is 5.97 Å². The first-order chi connectivity index (χ1) is 4.89. The summed E-state index contributed by atoms with van der Waals surface area (Å²) in [6.07, 6.45) is -1.18. The average molecular weight is 157 g/mol. The zero-order valence-corrected chi connectivity index (χ0v) is 6.79. The Morgan fingerprint density at radius 1 is 1.73 bits per heavy atom. The van der Waals surface area contributed by atoms with E-state index in [4.69, 9.17) is 10.4 Å². The quantitative estimate of drug-likeness (QED) is 0.582. The summed E-state index contributed by atoms with van der Waals surface area (Å²) in [7, 11) is 0. The Morgan fingerprint density at radius 2 is 2.18 bits per heavy atom. The standard InChI is InChI=1S/C7H11NO3/c1-5(9)6(10)11-7(2,3)4-8/h5,9H,1-3H3/t5-/m0/s1. The molecule has 0 aromatic carbocycles. The van der Waals surface area contributed by atoms with E-state index in [1.54, 1.807) is 6.07 Å². The first-order valence-electron chi connectivity index (χ1n) is 3.21. The van der Waals surface area contributed by atoms with Crippen LogP contribution in [0.25, 0.3) is 0 Å². The zero-order valence-electron chi connectivity index (χ0n) is 6.79. The van der Waals surface area contributed by atoms with Crippen LogP contribution in [0.2, 0.25) is 0 Å². The van der Waals surface area contributed by atoms with Gasteiger partial charge in [0.25, 0.3) is 0 Å². The van der Waals surface area contributed by atoms with Gasteiger partial charge in [-0.05, 0) is 20.8 Å². The Labute approximate surface area is 65.4 Å². The van der Waals surface area contributed by atoms with E-state index >= 15 is 0 Å². The van der Waals surface area contributed by atoms with Crippen LogP contribution in [0, 0.1) is 11.3 Å². The summed E-state index contributed by atoms with van der Waals surface area (Å²) < 4.78 is 4.60. The largest absolute Gasteiger partial charge is 0.442 e. The first-order valence-corrected chi connectivity index (χ1v) is 3.21. The molecule has 0 aliphatic heterocycles. The second-order valence-electron chi connectivity index (χ2n) is 2.72. The number of carbonyl (C=O) groups excluding carboxylic acids is 1. The highest BCUT2D eigenvalue weighted by Gasteiger charge is 2.24. The summed E-state index contributed by atoms with van der Waals surface area (Å²) in [6.45, 7) is 4.19. The zero-order chi connectivity index (χ0) is 9.07. The maximum atomic E-state index is 10.7. The molecule has 0 aliphatic rings. The molecular weight excluding hydrogens is 146 g/mol. The van der Waals surface area contributed by atoms with Crippen molar-refractivity contribution in [3.05, 3.63) is 0 Å². The van der Waals surface area contributed by atoms with Crippen LogP contribution in [0.1, 0.15) is 20.8 Å². The fourth-order valence-corrected chi connectivity index (χ4v) is 0.360. The Morgan fingerprint density at radius 3 is 2.45 bits per heavy atom. The van der Waals surface area contributed by atoms with E-state index in [0.29, 0.717) is 0 Å². The Hall–Kier alpha value is -1.08. The lowest BCUT2D eigenvalue weighted by Gasteiger charge is -2.17. The number of aliphatic hydroxyl groups excluding tert-OH is 1. The first kappa shape index (κ1) is 9.92. The molecular formula is C7H11NO3. The number of hydrogen-bond acceptors (Lipinski definition) is 4. The van der Waals surface area contributed by atoms with Crippen molar-refractivity contribution in [2.75, 3.05) is 0 Å². The molecule has 4 heteroatoms. The topological polar surface area (TPSA) is 70.3 Å². The minimum atomic E-state index is -1.18. The molecule has 0 unspecified atom stereocenters. The minimum absolute atomic E-state index is 0.781. The van der Waals surface area contributed by atoms with E-state index < -0.39 is 17.7 Å². The normalized spacial score (nSPS) is 13.4. The van der Waals surface area contributed by atoms with Crippen LogP contribution in [0.5, 0.6) is 0 Å². The third-order valence-corrected chi connectivity index (χ3v) is 0.966. The van der Waals surface area contributed by atoms with Crippen LogP contribution in [0.3, 0.4) is 0 Å². The van der Waals surface area contributed by atoms with E-state index in [0.717, 1.165) is 0 Å². The van der Waals surface area contributed by atoms with Crippen LogP contribution in [0.4, 0.5) is 0 Å². The molecule has 1 atom stereocenters. The lowest BCUT2D eigenvalue weighted by molar-refractivity contribution is -0.161. The van der Waals surface area contributed by atoms with Crippen molar-refractivity contribution in [3.8, 4) is 6.07 Å². The molecule has 0 heterocycles. The molecule has 0 bridgehead atoms. The lowest BCUT2D eigenvalue weighted by Crippen LogP contribution is -2.31. The average Bonchev–Trinajstić information content (AvgIpc) is 1.87. The molecule has 0 aliphatic carbocycles. The maximum Gasteiger partial charge on any atom is 0.336 e. The number of hydrogen-bond donors (Lipinski definition) is 1. The number of nitrogens with zero attached hydrogens (tertiary/aromatic N) is 1. The molecule has 0 aromatic rings. The molecule has 4 nitrogen and oxygen atoms in total. The summed E-state index contributed by atoms with van der Waals surface area (Å²) in [5, 5.41) is 17.1. The van der Waals surface area contributed by atoms with Gasteiger partial charge in [0.2, 0.25) is 0 Å². The van der Waals surface area contributed by atoms with E-state index in [1.165, 1.54) is 20.8 Å². The molecule has 11 heavy (non-hydrogen) atoms. The van der Waals surface area contributed by atoms with Crippen molar-refractivity contribution in [3.63, 3.8) is 0 Å². The molecule has 0 aromatic heterocycles. The van der Waals surface area contributed by atoms with Gasteiger partial charge < -0.3 is 9.84 Å². The van der Waals surface area contributed by atoms with Crippen molar-refractivity contribution in [2.24, 2.45) is 0 Å². The van der Waals surface area contributed by atoms with Crippen molar-refractivity contribution in [1.82, 2.24) is 0 Å². The summed E-state index contributed by atoms with van der Waals surface area (Å²) in [4.78, 5) is 10.7. The lowest BCUT2D eigenvalue weighted by atomic mass is 10.2. The second-order valence-corrected chi connectivity index (χ2v) is 2.72. The number of aliphatic hydroxyl groups is 1. The van der Waals surface area contributed by atoms with Gasteiger partial charge in [-0.3, -0.25) is 0 Å². The molecule has 0 radical (unpaired) electrons. The molecule has 0 fully saturated rings. The Kier molecular flexibility index (Phi) is 3.02. The number of nitriles is 1. The van der Waals surface area contributed by atoms with Crippen LogP contribution in [-0.4, -0.2) is 22.8 Å². The SMILES string of the molecule is C[C@H](O)C(=O)OC(C)(C)C#N. The fourth-order valence-electron chi connectivity index (χ4n) is 0.360. The van der Waals surface area contributed by atoms with Gasteiger partial charge in [0.15, 0.2) is 5.60 Å². The van der Waals surface area contributed by atoms with Crippen LogP contribution >= 0.6 is 0 Å². The van der Waals surface area contributed by atoms with Gasteiger partial charge in [0, 0.05) is 0 Å². The Balaban J connectivity index is 4.08. The highest BCUT2D eigenvalue weighted by Crippen LogP contribution is 2.07. The smallest absolute Gasteiger partial charge is 0.336 e. The Bertz CT molecular complexity index is 190. The summed E-state index contributed by atoms with van der Waals surface area (Å²) >= 11 is 0. The predicted molar refractivity (Wildman–Crippen MR) is 37.5 cm³/mol. The van der Waals surface area contributed by atoms with E-state index in [2.05, 4.69) is 4.74 Å². The maximum absolute atomic E-state index is 10.7. The fraction of sp³-hybridized carbons (Fsp3) is 0.714. The molecule has 62 valence electrons. The van der Waals surface area contributed by atoms with E-state index in [-0.39, 0.29) is 0 Å². The monoisotopic (exact) mass is 157 g/mol. The molecule has 0 saturated carbocycles. The van der Waals surface area contributed by atoms with Crippen LogP contribution < -0.4 is 0 Å². The predicted octanol–water partition coefficient (Wildman–Crippen LogP) is 0.213. The summed E-state index contributed by atoms with van der Waals surface area (Å²) in [5.41, 5.74) is -1.16. The van der Waals surface area contributed by atoms with Crippen molar-refractivity contribution in [2.45, 2.75) is 32.5 Å². The van der Waals surface area contributed by atoms with Crippen molar-refractivity contribution >= 4 is 5.97 Å². The van der Waals surface area contributed by atoms with Crippen molar-refractivity contribution in [1.29, 1.82) is 5.26 Å². The molecule has 0 rings (SSSR count). The highest BCUT2D eigenvalue weighted by atomic mass is 16.6. The number of carbonyl (C=O) groups is 1. The number of ether oxygens (including phenoxy) is 1. The summed E-state index contributed by atoms with van der Waals surface area (Å²) in [6, 6.07) is 1.77. The van der Waals surface area contributed by atoms with Gasteiger partial charge in [-0.15, -0.1) is 0 Å². The third-order valence-electron chi connectivity index (χ3n) is 0.966. The van der Waals surface area contributed by atoms with Crippen LogP contribution in [-0.2, 0) is 9.53 Å². The van der Waals surface area contributed by atoms with Crippen LogP contribution in [0.15, 0.2) is 0 Å². The van der Waals surface area contributed by atoms with E-state index in [1.807, 2.05) is 0 Å². The highest BCUT2D eigenvalue weighted by molar-refractivity contribution is 5.74. The second kappa shape index (κ2) is 3.35. The molecule has 0 amide bonds. The van der Waals surface area contributed by atoms with Gasteiger partial charge in [0.1, 0.15) is 12.2 Å². The third kappa shape index (κ3) is 3.58. The molecule has 1 N–H and O–H groups in total. The van der Waals surface area contributed by atoms with E-state index in [9.17, 15) is 4.79 Å². The molecule has 0 spiro atoms. The van der Waals surface area contributed by atoms with Gasteiger partial charge in [-0.25, -0.2) is 4.79 Å².